The van der Waals surface area contributed by atoms with Crippen molar-refractivity contribution >= 4 is 11.9 Å². The van der Waals surface area contributed by atoms with Crippen LogP contribution in [-0.2, 0) is 9.53 Å². The molecular formula is C17H17NO4. The van der Waals surface area contributed by atoms with Crippen LogP contribution in [0.5, 0.6) is 5.75 Å². The molecule has 2 aromatic rings. The Kier molecular flexibility index (Phi) is 5.14. The Morgan fingerprint density at radius 2 is 1.73 bits per heavy atom. The van der Waals surface area contributed by atoms with Gasteiger partial charge in [0, 0.05) is 0 Å². The molecule has 0 fully saturated rings. The Morgan fingerprint density at radius 1 is 1.09 bits per heavy atom. The fourth-order valence-electron chi connectivity index (χ4n) is 1.92. The summed E-state index contributed by atoms with van der Waals surface area (Å²) in [5.74, 6) is -0.919. The smallest absolute Gasteiger partial charge is 0.338 e. The second kappa shape index (κ2) is 7.26. The minimum absolute atomic E-state index is 0.0611. The molecule has 0 aliphatic carbocycles. The summed E-state index contributed by atoms with van der Waals surface area (Å²) in [6.07, 6.45) is 0. The molecule has 0 radical (unpaired) electrons. The van der Waals surface area contributed by atoms with Crippen LogP contribution in [0.2, 0.25) is 0 Å². The molecule has 114 valence electrons. The third-order valence-corrected chi connectivity index (χ3v) is 3.11. The van der Waals surface area contributed by atoms with E-state index in [2.05, 4.69) is 5.32 Å². The third kappa shape index (κ3) is 4.34. The number of hydrogen-bond donors (Lipinski definition) is 2. The summed E-state index contributed by atoms with van der Waals surface area (Å²) in [5.41, 5.74) is 1.25. The molecule has 0 bridgehead atoms. The number of hydrogen-bond acceptors (Lipinski definition) is 4. The average molecular weight is 299 g/mol. The summed E-state index contributed by atoms with van der Waals surface area (Å²) < 4.78 is 4.93. The zero-order valence-electron chi connectivity index (χ0n) is 12.2. The number of amides is 1. The molecule has 0 heterocycles. The van der Waals surface area contributed by atoms with E-state index in [0.717, 1.165) is 5.56 Å². The highest BCUT2D eigenvalue weighted by atomic mass is 16.5. The van der Waals surface area contributed by atoms with Gasteiger partial charge >= 0.3 is 5.97 Å². The van der Waals surface area contributed by atoms with Gasteiger partial charge in [-0.2, -0.15) is 0 Å². The van der Waals surface area contributed by atoms with Gasteiger partial charge in [-0.15, -0.1) is 0 Å². The Morgan fingerprint density at radius 3 is 2.36 bits per heavy atom. The van der Waals surface area contributed by atoms with E-state index < -0.39 is 5.97 Å². The van der Waals surface area contributed by atoms with Crippen molar-refractivity contribution in [2.75, 3.05) is 6.61 Å². The van der Waals surface area contributed by atoms with Gasteiger partial charge < -0.3 is 15.2 Å². The van der Waals surface area contributed by atoms with Crippen molar-refractivity contribution in [2.24, 2.45) is 0 Å². The number of aromatic hydroxyl groups is 1. The second-order valence-electron chi connectivity index (χ2n) is 4.82. The van der Waals surface area contributed by atoms with Gasteiger partial charge in [-0.1, -0.05) is 30.3 Å². The van der Waals surface area contributed by atoms with Crippen LogP contribution in [0.1, 0.15) is 28.9 Å². The Balaban J connectivity index is 1.82. The van der Waals surface area contributed by atoms with Crippen LogP contribution >= 0.6 is 0 Å². The highest BCUT2D eigenvalue weighted by Gasteiger charge is 2.12. The maximum absolute atomic E-state index is 11.8. The lowest BCUT2D eigenvalue weighted by atomic mass is 10.1. The number of ether oxygens (including phenoxy) is 1. The molecule has 2 aromatic carbocycles. The predicted molar refractivity (Wildman–Crippen MR) is 81.4 cm³/mol. The Hall–Kier alpha value is -2.82. The summed E-state index contributed by atoms with van der Waals surface area (Å²) in [4.78, 5) is 23.5. The minimum atomic E-state index is -0.609. The Bertz CT molecular complexity index is 637. The Labute approximate surface area is 128 Å². The number of benzene rings is 2. The topological polar surface area (TPSA) is 75.6 Å². The molecule has 1 amide bonds. The van der Waals surface area contributed by atoms with Crippen molar-refractivity contribution < 1.29 is 19.4 Å². The zero-order valence-corrected chi connectivity index (χ0v) is 12.2. The number of nitrogens with one attached hydrogen (secondary N) is 1. The minimum Gasteiger partial charge on any atom is -0.508 e. The molecule has 0 aliphatic rings. The van der Waals surface area contributed by atoms with Crippen molar-refractivity contribution in [1.29, 1.82) is 0 Å². The first-order chi connectivity index (χ1) is 10.6. The van der Waals surface area contributed by atoms with Crippen LogP contribution < -0.4 is 5.32 Å². The van der Waals surface area contributed by atoms with Crippen LogP contribution in [0, 0.1) is 0 Å². The number of carbonyl (C=O) groups excluding carboxylic acids is 2. The van der Waals surface area contributed by atoms with E-state index in [0.29, 0.717) is 0 Å². The number of esters is 1. The lowest BCUT2D eigenvalue weighted by Crippen LogP contribution is -2.31. The molecule has 5 nitrogen and oxygen atoms in total. The summed E-state index contributed by atoms with van der Waals surface area (Å²) in [5, 5.41) is 11.9. The van der Waals surface area contributed by atoms with Crippen LogP contribution in [0.15, 0.2) is 54.6 Å². The van der Waals surface area contributed by atoms with E-state index in [1.54, 1.807) is 0 Å². The predicted octanol–water partition coefficient (Wildman–Crippen LogP) is 2.43. The van der Waals surface area contributed by atoms with Crippen molar-refractivity contribution in [2.45, 2.75) is 13.0 Å². The van der Waals surface area contributed by atoms with Gasteiger partial charge in [0.1, 0.15) is 5.75 Å². The second-order valence-corrected chi connectivity index (χ2v) is 4.82. The lowest BCUT2D eigenvalue weighted by Gasteiger charge is -2.14. The molecule has 0 spiro atoms. The molecule has 5 heteroatoms. The monoisotopic (exact) mass is 299 g/mol. The number of rotatable bonds is 5. The van der Waals surface area contributed by atoms with E-state index in [1.807, 2.05) is 37.3 Å². The largest absolute Gasteiger partial charge is 0.508 e. The standard InChI is InChI=1S/C17H17NO4/c1-12(13-5-3-2-4-6-13)18-16(20)11-22-17(21)14-7-9-15(19)10-8-14/h2-10,12,19H,11H2,1H3,(H,18,20)/t12-/m1/s1. The van der Waals surface area contributed by atoms with Gasteiger partial charge in [-0.05, 0) is 36.8 Å². The van der Waals surface area contributed by atoms with E-state index in [4.69, 9.17) is 9.84 Å². The first kappa shape index (κ1) is 15.6. The van der Waals surface area contributed by atoms with Gasteiger partial charge in [-0.3, -0.25) is 4.79 Å². The molecular weight excluding hydrogens is 282 g/mol. The summed E-state index contributed by atoms with van der Waals surface area (Å²) >= 11 is 0. The number of phenols is 1. The molecule has 0 saturated carbocycles. The van der Waals surface area contributed by atoms with Crippen molar-refractivity contribution in [3.8, 4) is 5.75 Å². The van der Waals surface area contributed by atoms with Crippen molar-refractivity contribution in [3.63, 3.8) is 0 Å². The zero-order chi connectivity index (χ0) is 15.9. The molecule has 0 saturated heterocycles. The van der Waals surface area contributed by atoms with Crippen molar-refractivity contribution in [1.82, 2.24) is 5.32 Å². The molecule has 2 rings (SSSR count). The van der Waals surface area contributed by atoms with E-state index in [9.17, 15) is 9.59 Å². The highest BCUT2D eigenvalue weighted by molar-refractivity contribution is 5.91. The first-order valence-electron chi connectivity index (χ1n) is 6.86. The van der Waals surface area contributed by atoms with E-state index in [1.165, 1.54) is 24.3 Å². The van der Waals surface area contributed by atoms with E-state index >= 15 is 0 Å². The SMILES string of the molecule is C[C@@H](NC(=O)COC(=O)c1ccc(O)cc1)c1ccccc1. The fraction of sp³-hybridized carbons (Fsp3) is 0.176. The molecule has 1 atom stereocenters. The summed E-state index contributed by atoms with van der Waals surface area (Å²) in [6, 6.07) is 15.0. The van der Waals surface area contributed by atoms with Crippen LogP contribution in [0.25, 0.3) is 0 Å². The summed E-state index contributed by atoms with van der Waals surface area (Å²) in [6.45, 7) is 1.51. The summed E-state index contributed by atoms with van der Waals surface area (Å²) in [7, 11) is 0. The fourth-order valence-corrected chi connectivity index (χ4v) is 1.92. The molecule has 0 aromatic heterocycles. The maximum atomic E-state index is 11.8. The van der Waals surface area contributed by atoms with Crippen LogP contribution in [0.3, 0.4) is 0 Å². The quantitative estimate of drug-likeness (QED) is 0.831. The van der Waals surface area contributed by atoms with Crippen LogP contribution in [-0.4, -0.2) is 23.6 Å². The molecule has 0 unspecified atom stereocenters. The third-order valence-electron chi connectivity index (χ3n) is 3.11. The van der Waals surface area contributed by atoms with Gasteiger partial charge in [0.25, 0.3) is 5.91 Å². The van der Waals surface area contributed by atoms with Gasteiger partial charge in [0.05, 0.1) is 11.6 Å². The highest BCUT2D eigenvalue weighted by Crippen LogP contribution is 2.12. The molecule has 2 N–H and O–H groups in total. The van der Waals surface area contributed by atoms with Gasteiger partial charge in [0.15, 0.2) is 6.61 Å². The normalized spacial score (nSPS) is 11.5. The maximum Gasteiger partial charge on any atom is 0.338 e. The molecule has 22 heavy (non-hydrogen) atoms. The number of phenolic OH excluding ortho intramolecular Hbond substituents is 1. The lowest BCUT2D eigenvalue weighted by molar-refractivity contribution is -0.124. The van der Waals surface area contributed by atoms with Gasteiger partial charge in [-0.25, -0.2) is 4.79 Å². The number of carbonyl (C=O) groups is 2. The van der Waals surface area contributed by atoms with Gasteiger partial charge in [0.2, 0.25) is 0 Å². The van der Waals surface area contributed by atoms with Crippen molar-refractivity contribution in [3.05, 3.63) is 65.7 Å². The first-order valence-corrected chi connectivity index (χ1v) is 6.86. The average Bonchev–Trinajstić information content (AvgIpc) is 2.54. The molecule has 0 aliphatic heterocycles. The van der Waals surface area contributed by atoms with E-state index in [-0.39, 0.29) is 29.9 Å². The van der Waals surface area contributed by atoms with Crippen LogP contribution in [0.4, 0.5) is 0 Å².